The molecule has 1 rings (SSSR count). The van der Waals surface area contributed by atoms with Crippen LogP contribution in [0.2, 0.25) is 0 Å². The lowest BCUT2D eigenvalue weighted by Gasteiger charge is -2.10. The van der Waals surface area contributed by atoms with E-state index in [1.807, 2.05) is 6.92 Å². The van der Waals surface area contributed by atoms with Gasteiger partial charge in [0.15, 0.2) is 6.61 Å². The molecule has 8 heteroatoms. The van der Waals surface area contributed by atoms with Gasteiger partial charge in [0.1, 0.15) is 0 Å². The van der Waals surface area contributed by atoms with E-state index in [1.165, 1.54) is 18.2 Å². The van der Waals surface area contributed by atoms with Crippen LogP contribution >= 0.6 is 0 Å². The van der Waals surface area contributed by atoms with E-state index in [2.05, 4.69) is 10.0 Å². The number of sulfonamides is 1. The summed E-state index contributed by atoms with van der Waals surface area (Å²) in [7, 11) is -3.67. The fraction of sp³-hybridized carbons (Fsp3) is 0.500. The zero-order chi connectivity index (χ0) is 18.2. The third kappa shape index (κ3) is 5.93. The predicted octanol–water partition coefficient (Wildman–Crippen LogP) is 1.37. The van der Waals surface area contributed by atoms with Gasteiger partial charge in [0.05, 0.1) is 10.5 Å². The Bertz CT molecular complexity index is 686. The van der Waals surface area contributed by atoms with Gasteiger partial charge in [0.25, 0.3) is 5.91 Å². The van der Waals surface area contributed by atoms with Crippen LogP contribution in [0.15, 0.2) is 23.1 Å². The number of carbonyl (C=O) groups is 2. The first-order chi connectivity index (χ1) is 11.3. The zero-order valence-electron chi connectivity index (χ0n) is 14.2. The quantitative estimate of drug-likeness (QED) is 0.514. The topological polar surface area (TPSA) is 102 Å². The standard InChI is InChI=1S/C16H24N2O5S/c1-4-6-9-17-15(19)11-23-16(20)14-10-13(8-7-12(14)3)24(21,22)18-5-2/h7-8,10,18H,4-6,9,11H2,1-3H3,(H,17,19). The first-order valence-corrected chi connectivity index (χ1v) is 9.34. The number of benzene rings is 1. The average molecular weight is 356 g/mol. The molecular formula is C16H24N2O5S. The second kappa shape index (κ2) is 9.39. The Balaban J connectivity index is 2.78. The summed E-state index contributed by atoms with van der Waals surface area (Å²) in [6.07, 6.45) is 1.80. The van der Waals surface area contributed by atoms with E-state index in [0.717, 1.165) is 12.8 Å². The summed E-state index contributed by atoms with van der Waals surface area (Å²) in [5, 5.41) is 2.64. The highest BCUT2D eigenvalue weighted by atomic mass is 32.2. The van der Waals surface area contributed by atoms with Gasteiger partial charge in [-0.2, -0.15) is 0 Å². The molecule has 0 saturated carbocycles. The summed E-state index contributed by atoms with van der Waals surface area (Å²) in [6, 6.07) is 4.20. The van der Waals surface area contributed by atoms with Gasteiger partial charge in [-0.3, -0.25) is 4.79 Å². The fourth-order valence-corrected chi connectivity index (χ4v) is 2.99. The van der Waals surface area contributed by atoms with Gasteiger partial charge in [0, 0.05) is 13.1 Å². The predicted molar refractivity (Wildman–Crippen MR) is 90.2 cm³/mol. The summed E-state index contributed by atoms with van der Waals surface area (Å²) in [4.78, 5) is 23.7. The van der Waals surface area contributed by atoms with Gasteiger partial charge in [-0.1, -0.05) is 26.3 Å². The van der Waals surface area contributed by atoms with Crippen molar-refractivity contribution in [3.8, 4) is 0 Å². The smallest absolute Gasteiger partial charge is 0.338 e. The van der Waals surface area contributed by atoms with Crippen LogP contribution in [0.1, 0.15) is 42.6 Å². The maximum Gasteiger partial charge on any atom is 0.338 e. The van der Waals surface area contributed by atoms with Crippen LogP contribution in [0.25, 0.3) is 0 Å². The molecular weight excluding hydrogens is 332 g/mol. The highest BCUT2D eigenvalue weighted by molar-refractivity contribution is 7.89. The molecule has 7 nitrogen and oxygen atoms in total. The summed E-state index contributed by atoms with van der Waals surface area (Å²) < 4.78 is 31.3. The molecule has 0 radical (unpaired) electrons. The lowest BCUT2D eigenvalue weighted by Crippen LogP contribution is -2.29. The minimum absolute atomic E-state index is 0.0192. The lowest BCUT2D eigenvalue weighted by molar-refractivity contribution is -0.124. The third-order valence-corrected chi connectivity index (χ3v) is 4.80. The van der Waals surface area contributed by atoms with E-state index >= 15 is 0 Å². The molecule has 0 unspecified atom stereocenters. The Kier molecular flexibility index (Phi) is 7.87. The van der Waals surface area contributed by atoms with Gasteiger partial charge in [-0.25, -0.2) is 17.9 Å². The molecule has 0 aromatic heterocycles. The number of aryl methyl sites for hydroxylation is 1. The van der Waals surface area contributed by atoms with Crippen LogP contribution < -0.4 is 10.0 Å². The molecule has 0 spiro atoms. The van der Waals surface area contributed by atoms with Crippen LogP contribution in [-0.2, 0) is 19.6 Å². The van der Waals surface area contributed by atoms with E-state index < -0.39 is 22.6 Å². The molecule has 1 aromatic rings. The Hall–Kier alpha value is -1.93. The van der Waals surface area contributed by atoms with Crippen molar-refractivity contribution in [2.45, 2.75) is 38.5 Å². The van der Waals surface area contributed by atoms with Gasteiger partial charge in [-0.15, -0.1) is 0 Å². The molecule has 0 saturated heterocycles. The van der Waals surface area contributed by atoms with Crippen molar-refractivity contribution < 1.29 is 22.7 Å². The summed E-state index contributed by atoms with van der Waals surface area (Å²) >= 11 is 0. The molecule has 24 heavy (non-hydrogen) atoms. The van der Waals surface area contributed by atoms with Crippen molar-refractivity contribution in [1.29, 1.82) is 0 Å². The number of unbranched alkanes of at least 4 members (excludes halogenated alkanes) is 1. The first kappa shape index (κ1) is 20.1. The number of nitrogens with one attached hydrogen (secondary N) is 2. The van der Waals surface area contributed by atoms with Crippen molar-refractivity contribution in [3.05, 3.63) is 29.3 Å². The number of ether oxygens (including phenoxy) is 1. The zero-order valence-corrected chi connectivity index (χ0v) is 15.0. The minimum Gasteiger partial charge on any atom is -0.452 e. The van der Waals surface area contributed by atoms with Crippen LogP contribution in [0.5, 0.6) is 0 Å². The summed E-state index contributed by atoms with van der Waals surface area (Å²) in [6.45, 7) is 5.71. The Labute approximate surface area is 142 Å². The number of hydrogen-bond donors (Lipinski definition) is 2. The van der Waals surface area contributed by atoms with Crippen LogP contribution in [0, 0.1) is 6.92 Å². The second-order valence-electron chi connectivity index (χ2n) is 5.26. The number of carbonyl (C=O) groups excluding carboxylic acids is 2. The van der Waals surface area contributed by atoms with Crippen molar-refractivity contribution >= 4 is 21.9 Å². The van der Waals surface area contributed by atoms with Crippen molar-refractivity contribution in [1.82, 2.24) is 10.0 Å². The average Bonchev–Trinajstić information content (AvgIpc) is 2.53. The van der Waals surface area contributed by atoms with Gasteiger partial charge < -0.3 is 10.1 Å². The molecule has 0 bridgehead atoms. The molecule has 0 atom stereocenters. The fourth-order valence-electron chi connectivity index (χ4n) is 1.93. The molecule has 1 aromatic carbocycles. The molecule has 0 aliphatic heterocycles. The Morgan fingerprint density at radius 2 is 1.92 bits per heavy atom. The highest BCUT2D eigenvalue weighted by Crippen LogP contribution is 2.16. The van der Waals surface area contributed by atoms with Gasteiger partial charge in [-0.05, 0) is 31.0 Å². The minimum atomic E-state index is -3.67. The number of hydrogen-bond acceptors (Lipinski definition) is 5. The second-order valence-corrected chi connectivity index (χ2v) is 7.02. The molecule has 0 aliphatic carbocycles. The van der Waals surface area contributed by atoms with Crippen LogP contribution in [-0.4, -0.2) is 40.0 Å². The first-order valence-electron chi connectivity index (χ1n) is 7.86. The SMILES string of the molecule is CCCCNC(=O)COC(=O)c1cc(S(=O)(=O)NCC)ccc1C. The summed E-state index contributed by atoms with van der Waals surface area (Å²) in [5.74, 6) is -1.11. The maximum atomic E-state index is 12.1. The number of amides is 1. The molecule has 1 amide bonds. The van der Waals surface area contributed by atoms with E-state index in [1.54, 1.807) is 13.8 Å². The van der Waals surface area contributed by atoms with Crippen molar-refractivity contribution in [2.75, 3.05) is 19.7 Å². The molecule has 0 heterocycles. The van der Waals surface area contributed by atoms with Crippen LogP contribution in [0.3, 0.4) is 0 Å². The van der Waals surface area contributed by atoms with E-state index in [4.69, 9.17) is 4.74 Å². The van der Waals surface area contributed by atoms with E-state index in [0.29, 0.717) is 12.1 Å². The summed E-state index contributed by atoms with van der Waals surface area (Å²) in [5.41, 5.74) is 0.692. The van der Waals surface area contributed by atoms with Crippen molar-refractivity contribution in [2.24, 2.45) is 0 Å². The van der Waals surface area contributed by atoms with E-state index in [-0.39, 0.29) is 22.9 Å². The molecule has 2 N–H and O–H groups in total. The van der Waals surface area contributed by atoms with Gasteiger partial charge >= 0.3 is 5.97 Å². The lowest BCUT2D eigenvalue weighted by atomic mass is 10.1. The largest absolute Gasteiger partial charge is 0.452 e. The normalized spacial score (nSPS) is 11.1. The Morgan fingerprint density at radius 1 is 1.21 bits per heavy atom. The van der Waals surface area contributed by atoms with Crippen LogP contribution in [0.4, 0.5) is 0 Å². The maximum absolute atomic E-state index is 12.1. The highest BCUT2D eigenvalue weighted by Gasteiger charge is 2.18. The third-order valence-electron chi connectivity index (χ3n) is 3.26. The molecule has 0 aliphatic rings. The van der Waals surface area contributed by atoms with E-state index in [9.17, 15) is 18.0 Å². The van der Waals surface area contributed by atoms with Crippen molar-refractivity contribution in [3.63, 3.8) is 0 Å². The number of esters is 1. The Morgan fingerprint density at radius 3 is 2.54 bits per heavy atom. The monoisotopic (exact) mass is 356 g/mol. The molecule has 134 valence electrons. The van der Waals surface area contributed by atoms with Gasteiger partial charge in [0.2, 0.25) is 10.0 Å². The molecule has 0 fully saturated rings. The number of rotatable bonds is 9.